The highest BCUT2D eigenvalue weighted by atomic mass is 16.5. The Morgan fingerprint density at radius 2 is 1.62 bits per heavy atom. The summed E-state index contributed by atoms with van der Waals surface area (Å²) in [4.78, 5) is 12.4. The highest BCUT2D eigenvalue weighted by Crippen LogP contribution is 2.27. The largest absolute Gasteiger partial charge is 0.493 e. The van der Waals surface area contributed by atoms with Gasteiger partial charge in [-0.3, -0.25) is 4.79 Å². The molecular weight excluding hydrogens is 430 g/mol. The minimum absolute atomic E-state index is 0.212. The third-order valence-corrected chi connectivity index (χ3v) is 5.35. The quantitative estimate of drug-likeness (QED) is 0.377. The van der Waals surface area contributed by atoms with E-state index in [4.69, 9.17) is 14.2 Å². The highest BCUT2D eigenvalue weighted by Gasteiger charge is 2.10. The van der Waals surface area contributed by atoms with Crippen molar-refractivity contribution in [3.8, 4) is 28.4 Å². The van der Waals surface area contributed by atoms with Crippen molar-refractivity contribution in [2.45, 2.75) is 13.2 Å². The van der Waals surface area contributed by atoms with Crippen molar-refractivity contribution in [1.82, 2.24) is 15.1 Å². The van der Waals surface area contributed by atoms with E-state index in [1.54, 1.807) is 31.2 Å². The average molecular weight is 458 g/mol. The van der Waals surface area contributed by atoms with Crippen LogP contribution in [0.25, 0.3) is 11.1 Å². The summed E-state index contributed by atoms with van der Waals surface area (Å²) in [6, 6.07) is 25.4. The van der Waals surface area contributed by atoms with Crippen molar-refractivity contribution in [1.29, 1.82) is 0 Å². The van der Waals surface area contributed by atoms with Crippen LogP contribution in [-0.4, -0.2) is 36.5 Å². The fourth-order valence-electron chi connectivity index (χ4n) is 3.52. The molecule has 1 aromatic heterocycles. The number of carbonyl (C=O) groups is 1. The standard InChI is InChI=1S/C27H27N3O4/c1-32-25-13-8-20(18-26(25)33-2)14-16-28-27(31)24-15-17-30(29-24)19-34-23-11-9-22(10-12-23)21-6-4-3-5-7-21/h3-13,15,17-18H,14,16,19H2,1-2H3,(H,28,31). The number of nitrogens with zero attached hydrogens (tertiary/aromatic N) is 2. The molecule has 0 spiro atoms. The second-order valence-electron chi connectivity index (χ2n) is 7.60. The first-order valence-electron chi connectivity index (χ1n) is 11.0. The van der Waals surface area contributed by atoms with Crippen LogP contribution in [0.4, 0.5) is 0 Å². The Labute approximate surface area is 198 Å². The maximum Gasteiger partial charge on any atom is 0.271 e. The number of hydrogen-bond acceptors (Lipinski definition) is 5. The topological polar surface area (TPSA) is 74.6 Å². The summed E-state index contributed by atoms with van der Waals surface area (Å²) in [7, 11) is 3.20. The summed E-state index contributed by atoms with van der Waals surface area (Å²) in [5.74, 6) is 1.84. The van der Waals surface area contributed by atoms with Gasteiger partial charge >= 0.3 is 0 Å². The van der Waals surface area contributed by atoms with Gasteiger partial charge in [-0.2, -0.15) is 5.10 Å². The molecule has 1 N–H and O–H groups in total. The molecule has 1 heterocycles. The minimum Gasteiger partial charge on any atom is -0.493 e. The summed E-state index contributed by atoms with van der Waals surface area (Å²) < 4.78 is 18.0. The van der Waals surface area contributed by atoms with Crippen LogP contribution in [-0.2, 0) is 13.2 Å². The zero-order valence-corrected chi connectivity index (χ0v) is 19.2. The number of aromatic nitrogens is 2. The number of carbonyl (C=O) groups excluding carboxylic acids is 1. The number of benzene rings is 3. The number of amides is 1. The molecule has 0 unspecified atom stereocenters. The maximum atomic E-state index is 12.4. The van der Waals surface area contributed by atoms with E-state index in [1.165, 1.54) is 0 Å². The lowest BCUT2D eigenvalue weighted by Crippen LogP contribution is -2.26. The first kappa shape index (κ1) is 22.9. The number of methoxy groups -OCH3 is 2. The van der Waals surface area contributed by atoms with Crippen LogP contribution >= 0.6 is 0 Å². The predicted molar refractivity (Wildman–Crippen MR) is 130 cm³/mol. The summed E-state index contributed by atoms with van der Waals surface area (Å²) in [5.41, 5.74) is 3.66. The predicted octanol–water partition coefficient (Wildman–Crippen LogP) is 4.58. The van der Waals surface area contributed by atoms with Crippen molar-refractivity contribution in [3.63, 3.8) is 0 Å². The van der Waals surface area contributed by atoms with Crippen molar-refractivity contribution < 1.29 is 19.0 Å². The molecule has 34 heavy (non-hydrogen) atoms. The Morgan fingerprint density at radius 3 is 2.35 bits per heavy atom. The molecular formula is C27H27N3O4. The third-order valence-electron chi connectivity index (χ3n) is 5.35. The van der Waals surface area contributed by atoms with Gasteiger partial charge in [-0.05, 0) is 53.4 Å². The highest BCUT2D eigenvalue weighted by molar-refractivity contribution is 5.92. The van der Waals surface area contributed by atoms with E-state index >= 15 is 0 Å². The minimum atomic E-state index is -0.230. The molecule has 0 aliphatic rings. The molecule has 174 valence electrons. The molecule has 1 amide bonds. The third kappa shape index (κ3) is 5.75. The van der Waals surface area contributed by atoms with Crippen LogP contribution in [0, 0.1) is 0 Å². The van der Waals surface area contributed by atoms with Crippen molar-refractivity contribution >= 4 is 5.91 Å². The molecule has 7 nitrogen and oxygen atoms in total. The summed E-state index contributed by atoms with van der Waals surface area (Å²) in [5, 5.41) is 7.20. The molecule has 0 fully saturated rings. The Hall–Kier alpha value is -4.26. The van der Waals surface area contributed by atoms with Gasteiger partial charge in [-0.25, -0.2) is 4.68 Å². The lowest BCUT2D eigenvalue weighted by molar-refractivity contribution is 0.0947. The van der Waals surface area contributed by atoms with E-state index in [2.05, 4.69) is 22.5 Å². The second kappa shape index (κ2) is 11.0. The molecule has 0 radical (unpaired) electrons. The molecule has 0 saturated carbocycles. The van der Waals surface area contributed by atoms with Crippen LogP contribution < -0.4 is 19.5 Å². The molecule has 4 aromatic rings. The van der Waals surface area contributed by atoms with Gasteiger partial charge in [-0.15, -0.1) is 0 Å². The molecule has 0 aliphatic carbocycles. The monoisotopic (exact) mass is 457 g/mol. The van der Waals surface area contributed by atoms with Crippen LogP contribution in [0.2, 0.25) is 0 Å². The fraction of sp³-hybridized carbons (Fsp3) is 0.185. The van der Waals surface area contributed by atoms with E-state index in [-0.39, 0.29) is 12.6 Å². The van der Waals surface area contributed by atoms with Crippen LogP contribution in [0.1, 0.15) is 16.1 Å². The first-order valence-corrected chi connectivity index (χ1v) is 11.0. The smallest absolute Gasteiger partial charge is 0.271 e. The number of hydrogen-bond donors (Lipinski definition) is 1. The normalized spacial score (nSPS) is 10.5. The van der Waals surface area contributed by atoms with Gasteiger partial charge in [0.1, 0.15) is 11.4 Å². The number of ether oxygens (including phenoxy) is 3. The second-order valence-corrected chi connectivity index (χ2v) is 7.60. The number of rotatable bonds is 10. The van der Waals surface area contributed by atoms with E-state index in [1.807, 2.05) is 60.7 Å². The summed E-state index contributed by atoms with van der Waals surface area (Å²) in [6.45, 7) is 0.690. The molecule has 0 atom stereocenters. The molecule has 4 rings (SSSR count). The first-order chi connectivity index (χ1) is 16.7. The zero-order valence-electron chi connectivity index (χ0n) is 19.2. The SMILES string of the molecule is COc1ccc(CCNC(=O)c2ccn(COc3ccc(-c4ccccc4)cc3)n2)cc1OC. The van der Waals surface area contributed by atoms with E-state index < -0.39 is 0 Å². The van der Waals surface area contributed by atoms with Crippen molar-refractivity contribution in [3.05, 3.63) is 96.3 Å². The molecule has 0 saturated heterocycles. The fourth-order valence-corrected chi connectivity index (χ4v) is 3.52. The van der Waals surface area contributed by atoms with Gasteiger partial charge < -0.3 is 19.5 Å². The Balaban J connectivity index is 1.25. The van der Waals surface area contributed by atoms with E-state index in [0.29, 0.717) is 30.2 Å². The van der Waals surface area contributed by atoms with Gasteiger partial charge in [-0.1, -0.05) is 48.5 Å². The number of nitrogens with one attached hydrogen (secondary N) is 1. The van der Waals surface area contributed by atoms with Gasteiger partial charge in [0.15, 0.2) is 18.2 Å². The van der Waals surface area contributed by atoms with Crippen molar-refractivity contribution in [2.24, 2.45) is 0 Å². The van der Waals surface area contributed by atoms with Gasteiger partial charge in [0.25, 0.3) is 5.91 Å². The average Bonchev–Trinajstić information content (AvgIpc) is 3.37. The molecule has 7 heteroatoms. The molecule has 0 bridgehead atoms. The molecule has 3 aromatic carbocycles. The summed E-state index contributed by atoms with van der Waals surface area (Å²) in [6.07, 6.45) is 2.39. The van der Waals surface area contributed by atoms with Crippen LogP contribution in [0.3, 0.4) is 0 Å². The molecule has 0 aliphatic heterocycles. The summed E-state index contributed by atoms with van der Waals surface area (Å²) >= 11 is 0. The van der Waals surface area contributed by atoms with Crippen LogP contribution in [0.5, 0.6) is 17.2 Å². The van der Waals surface area contributed by atoms with Gasteiger partial charge in [0.2, 0.25) is 0 Å². The zero-order chi connectivity index (χ0) is 23.8. The van der Waals surface area contributed by atoms with Crippen LogP contribution in [0.15, 0.2) is 85.1 Å². The van der Waals surface area contributed by atoms with Gasteiger partial charge in [0.05, 0.1) is 14.2 Å². The van der Waals surface area contributed by atoms with Crippen molar-refractivity contribution in [2.75, 3.05) is 20.8 Å². The van der Waals surface area contributed by atoms with E-state index in [9.17, 15) is 4.79 Å². The Kier molecular flexibility index (Phi) is 7.45. The maximum absolute atomic E-state index is 12.4. The van der Waals surface area contributed by atoms with Gasteiger partial charge in [0, 0.05) is 12.7 Å². The van der Waals surface area contributed by atoms with E-state index in [0.717, 1.165) is 22.4 Å². The Bertz CT molecular complexity index is 1220. The lowest BCUT2D eigenvalue weighted by atomic mass is 10.1. The Morgan fingerprint density at radius 1 is 0.882 bits per heavy atom. The lowest BCUT2D eigenvalue weighted by Gasteiger charge is -2.10.